The van der Waals surface area contributed by atoms with Crippen LogP contribution in [0.2, 0.25) is 0 Å². The highest BCUT2D eigenvalue weighted by molar-refractivity contribution is 7.98. The number of amides is 1. The van der Waals surface area contributed by atoms with Crippen LogP contribution < -0.4 is 11.1 Å². The molecular formula is C19H25ClN2OS. The maximum absolute atomic E-state index is 12.4. The topological polar surface area (TPSA) is 55.1 Å². The van der Waals surface area contributed by atoms with E-state index in [1.807, 2.05) is 43.5 Å². The first-order chi connectivity index (χ1) is 11.0. The van der Waals surface area contributed by atoms with Crippen molar-refractivity contribution >= 4 is 30.1 Å². The summed E-state index contributed by atoms with van der Waals surface area (Å²) in [7, 11) is 0. The Hall–Kier alpha value is -1.49. The number of halogens is 1. The lowest BCUT2D eigenvalue weighted by Gasteiger charge is -2.20. The number of nitrogens with one attached hydrogen (secondary N) is 1. The van der Waals surface area contributed by atoms with Crippen LogP contribution in [-0.2, 0) is 11.3 Å². The van der Waals surface area contributed by atoms with Gasteiger partial charge < -0.3 is 11.1 Å². The lowest BCUT2D eigenvalue weighted by atomic mass is 9.94. The second-order valence-corrected chi connectivity index (χ2v) is 6.61. The minimum absolute atomic E-state index is 0. The summed E-state index contributed by atoms with van der Waals surface area (Å²) in [5.74, 6) is -0.297. The zero-order valence-corrected chi connectivity index (χ0v) is 15.9. The van der Waals surface area contributed by atoms with Gasteiger partial charge in [-0.05, 0) is 35.9 Å². The Kier molecular flexibility index (Phi) is 8.32. The third-order valence-corrected chi connectivity index (χ3v) is 4.85. The van der Waals surface area contributed by atoms with E-state index in [1.54, 1.807) is 11.8 Å². The van der Waals surface area contributed by atoms with Crippen LogP contribution in [0.1, 0.15) is 29.7 Å². The third kappa shape index (κ3) is 5.26. The summed E-state index contributed by atoms with van der Waals surface area (Å²) in [6, 6.07) is 15.7. The summed E-state index contributed by atoms with van der Waals surface area (Å²) in [4.78, 5) is 13.6. The first-order valence-electron chi connectivity index (χ1n) is 7.74. The minimum Gasteiger partial charge on any atom is -0.352 e. The van der Waals surface area contributed by atoms with Crippen LogP contribution in [0.4, 0.5) is 0 Å². The van der Waals surface area contributed by atoms with Crippen molar-refractivity contribution in [2.45, 2.75) is 31.3 Å². The largest absolute Gasteiger partial charge is 0.352 e. The Labute approximate surface area is 154 Å². The van der Waals surface area contributed by atoms with Gasteiger partial charge in [0.05, 0.1) is 5.92 Å². The molecule has 2 atom stereocenters. The van der Waals surface area contributed by atoms with Crippen LogP contribution >= 0.6 is 24.2 Å². The molecular weight excluding hydrogens is 340 g/mol. The molecule has 3 nitrogen and oxygen atoms in total. The molecule has 0 aliphatic rings. The molecule has 2 aromatic rings. The van der Waals surface area contributed by atoms with E-state index in [0.29, 0.717) is 6.54 Å². The van der Waals surface area contributed by atoms with Crippen LogP contribution in [0.3, 0.4) is 0 Å². The van der Waals surface area contributed by atoms with Crippen molar-refractivity contribution in [3.8, 4) is 0 Å². The summed E-state index contributed by atoms with van der Waals surface area (Å²) in [5.41, 5.74) is 9.56. The van der Waals surface area contributed by atoms with Gasteiger partial charge in [-0.3, -0.25) is 4.79 Å². The van der Waals surface area contributed by atoms with Crippen molar-refractivity contribution in [2.24, 2.45) is 11.7 Å². The molecule has 0 aliphatic heterocycles. The van der Waals surface area contributed by atoms with E-state index in [9.17, 15) is 4.79 Å². The van der Waals surface area contributed by atoms with E-state index >= 15 is 0 Å². The Morgan fingerprint density at radius 1 is 1.21 bits per heavy atom. The van der Waals surface area contributed by atoms with Gasteiger partial charge >= 0.3 is 0 Å². The van der Waals surface area contributed by atoms with Crippen LogP contribution in [0.25, 0.3) is 0 Å². The monoisotopic (exact) mass is 364 g/mol. The highest BCUT2D eigenvalue weighted by Gasteiger charge is 2.21. The summed E-state index contributed by atoms with van der Waals surface area (Å²) < 4.78 is 0. The minimum atomic E-state index is -0.297. The quantitative estimate of drug-likeness (QED) is 0.759. The number of carbonyl (C=O) groups is 1. The van der Waals surface area contributed by atoms with Crippen molar-refractivity contribution in [1.29, 1.82) is 0 Å². The molecule has 130 valence electrons. The molecule has 2 unspecified atom stereocenters. The first-order valence-corrected chi connectivity index (χ1v) is 8.97. The summed E-state index contributed by atoms with van der Waals surface area (Å²) in [6.45, 7) is 4.47. The smallest absolute Gasteiger partial charge is 0.225 e. The number of aryl methyl sites for hydroxylation is 1. The summed E-state index contributed by atoms with van der Waals surface area (Å²) in [6.07, 6.45) is 2.05. The predicted octanol–water partition coefficient (Wildman–Crippen LogP) is 4.09. The molecule has 0 bridgehead atoms. The van der Waals surface area contributed by atoms with Crippen LogP contribution in [0.15, 0.2) is 53.4 Å². The zero-order valence-electron chi connectivity index (χ0n) is 14.3. The summed E-state index contributed by atoms with van der Waals surface area (Å²) >= 11 is 1.70. The Morgan fingerprint density at radius 2 is 1.88 bits per heavy atom. The number of rotatable bonds is 6. The van der Waals surface area contributed by atoms with Gasteiger partial charge in [0.2, 0.25) is 5.91 Å². The van der Waals surface area contributed by atoms with Gasteiger partial charge in [-0.1, -0.05) is 49.4 Å². The molecule has 0 saturated carbocycles. The average molecular weight is 365 g/mol. The second-order valence-electron chi connectivity index (χ2n) is 5.76. The predicted molar refractivity (Wildman–Crippen MR) is 105 cm³/mol. The highest BCUT2D eigenvalue weighted by atomic mass is 35.5. The molecule has 0 saturated heterocycles. The molecule has 0 aliphatic carbocycles. The normalized spacial score (nSPS) is 12.8. The third-order valence-electron chi connectivity index (χ3n) is 4.03. The fourth-order valence-electron chi connectivity index (χ4n) is 2.47. The maximum atomic E-state index is 12.4. The van der Waals surface area contributed by atoms with Gasteiger partial charge in [0, 0.05) is 17.5 Å². The number of hydrogen-bond donors (Lipinski definition) is 2. The standard InChI is InChI=1S/C19H24N2OS.ClH/c1-13-9-10-16(17(11-13)23-3)12-21-19(22)14(2)18(20)15-7-5-4-6-8-15;/h4-11,14,18H,12,20H2,1-3H3,(H,21,22);1H. The van der Waals surface area contributed by atoms with Gasteiger partial charge in [-0.15, -0.1) is 24.2 Å². The number of benzene rings is 2. The zero-order chi connectivity index (χ0) is 16.8. The highest BCUT2D eigenvalue weighted by Crippen LogP contribution is 2.23. The maximum Gasteiger partial charge on any atom is 0.225 e. The fourth-order valence-corrected chi connectivity index (χ4v) is 3.17. The molecule has 0 fully saturated rings. The average Bonchev–Trinajstić information content (AvgIpc) is 2.59. The number of carbonyl (C=O) groups excluding carboxylic acids is 1. The van der Waals surface area contributed by atoms with Crippen molar-refractivity contribution in [3.63, 3.8) is 0 Å². The molecule has 24 heavy (non-hydrogen) atoms. The molecule has 0 heterocycles. The molecule has 2 aromatic carbocycles. The van der Waals surface area contributed by atoms with Crippen LogP contribution in [-0.4, -0.2) is 12.2 Å². The Bertz CT molecular complexity index is 664. The molecule has 2 rings (SSSR count). The SMILES string of the molecule is CSc1cc(C)ccc1CNC(=O)C(C)C(N)c1ccccc1.Cl. The van der Waals surface area contributed by atoms with Crippen molar-refractivity contribution in [1.82, 2.24) is 5.32 Å². The van der Waals surface area contributed by atoms with Crippen molar-refractivity contribution < 1.29 is 4.79 Å². The van der Waals surface area contributed by atoms with Crippen LogP contribution in [0, 0.1) is 12.8 Å². The lowest BCUT2D eigenvalue weighted by molar-refractivity contribution is -0.125. The molecule has 0 aromatic heterocycles. The molecule has 1 amide bonds. The van der Waals surface area contributed by atoms with Gasteiger partial charge in [0.15, 0.2) is 0 Å². The lowest BCUT2D eigenvalue weighted by Crippen LogP contribution is -2.35. The van der Waals surface area contributed by atoms with E-state index in [0.717, 1.165) is 11.1 Å². The van der Waals surface area contributed by atoms with Gasteiger partial charge in [-0.25, -0.2) is 0 Å². The van der Waals surface area contributed by atoms with Gasteiger partial charge in [-0.2, -0.15) is 0 Å². The summed E-state index contributed by atoms with van der Waals surface area (Å²) in [5, 5.41) is 3.01. The van der Waals surface area contributed by atoms with E-state index < -0.39 is 0 Å². The van der Waals surface area contributed by atoms with E-state index in [2.05, 4.69) is 30.4 Å². The Morgan fingerprint density at radius 3 is 2.50 bits per heavy atom. The van der Waals surface area contributed by atoms with Gasteiger partial charge in [0.25, 0.3) is 0 Å². The van der Waals surface area contributed by atoms with E-state index in [1.165, 1.54) is 10.5 Å². The van der Waals surface area contributed by atoms with Gasteiger partial charge in [0.1, 0.15) is 0 Å². The number of nitrogens with two attached hydrogens (primary N) is 1. The number of thioether (sulfide) groups is 1. The van der Waals surface area contributed by atoms with Crippen LogP contribution in [0.5, 0.6) is 0 Å². The molecule has 3 N–H and O–H groups in total. The van der Waals surface area contributed by atoms with Crippen molar-refractivity contribution in [2.75, 3.05) is 6.26 Å². The number of hydrogen-bond acceptors (Lipinski definition) is 3. The molecule has 0 spiro atoms. The Balaban J connectivity index is 0.00000288. The van der Waals surface area contributed by atoms with E-state index in [-0.39, 0.29) is 30.3 Å². The van der Waals surface area contributed by atoms with Crippen molar-refractivity contribution in [3.05, 3.63) is 65.2 Å². The fraction of sp³-hybridized carbons (Fsp3) is 0.316. The first kappa shape index (κ1) is 20.6. The van der Waals surface area contributed by atoms with E-state index in [4.69, 9.17) is 5.73 Å². The molecule has 0 radical (unpaired) electrons. The second kappa shape index (κ2) is 9.72. The molecule has 5 heteroatoms.